The van der Waals surface area contributed by atoms with Crippen molar-refractivity contribution >= 4 is 0 Å². The molecule has 0 heteroatoms. The van der Waals surface area contributed by atoms with Crippen LogP contribution in [0.2, 0.25) is 0 Å². The summed E-state index contributed by atoms with van der Waals surface area (Å²) in [6.07, 6.45) is 5.49. The van der Waals surface area contributed by atoms with Gasteiger partial charge >= 0.3 is 0 Å². The fourth-order valence-electron chi connectivity index (χ4n) is 2.89. The van der Waals surface area contributed by atoms with Crippen molar-refractivity contribution in [2.45, 2.75) is 39.5 Å². The lowest BCUT2D eigenvalue weighted by molar-refractivity contribution is 0.322. The van der Waals surface area contributed by atoms with Crippen LogP contribution in [0.1, 0.15) is 38.7 Å². The highest BCUT2D eigenvalue weighted by molar-refractivity contribution is 5.16. The highest BCUT2D eigenvalue weighted by atomic mass is 14.4. The minimum absolute atomic E-state index is 0.570. The molecule has 0 saturated heterocycles. The molecule has 0 bridgehead atoms. The van der Waals surface area contributed by atoms with Crippen LogP contribution in [-0.2, 0) is 6.42 Å². The van der Waals surface area contributed by atoms with Crippen molar-refractivity contribution in [3.8, 4) is 0 Å². The van der Waals surface area contributed by atoms with E-state index in [1.807, 2.05) is 0 Å². The SMILES string of the molecule is CC1CCC(C)(Cc2ccccc2)C1. The van der Waals surface area contributed by atoms with Crippen LogP contribution in [0, 0.1) is 11.3 Å². The Kier molecular flexibility index (Phi) is 2.62. The molecule has 1 aromatic carbocycles. The average molecular weight is 188 g/mol. The Labute approximate surface area is 87.3 Å². The van der Waals surface area contributed by atoms with Crippen LogP contribution in [0.3, 0.4) is 0 Å². The van der Waals surface area contributed by atoms with Crippen molar-refractivity contribution in [3.63, 3.8) is 0 Å². The molecule has 1 fully saturated rings. The molecule has 0 heterocycles. The first kappa shape index (κ1) is 9.76. The number of hydrogen-bond acceptors (Lipinski definition) is 0. The molecule has 0 N–H and O–H groups in total. The minimum atomic E-state index is 0.570. The molecule has 0 nitrogen and oxygen atoms in total. The summed E-state index contributed by atoms with van der Waals surface area (Å²) in [5.41, 5.74) is 2.07. The lowest BCUT2D eigenvalue weighted by Gasteiger charge is -2.23. The van der Waals surface area contributed by atoms with Gasteiger partial charge in [0.25, 0.3) is 0 Å². The average Bonchev–Trinajstić information content (AvgIpc) is 2.47. The highest BCUT2D eigenvalue weighted by Gasteiger charge is 2.32. The summed E-state index contributed by atoms with van der Waals surface area (Å²) in [7, 11) is 0. The molecule has 2 rings (SSSR count). The molecule has 0 spiro atoms. The second kappa shape index (κ2) is 3.76. The van der Waals surface area contributed by atoms with Gasteiger partial charge in [-0.05, 0) is 36.2 Å². The van der Waals surface area contributed by atoms with Gasteiger partial charge in [0.1, 0.15) is 0 Å². The van der Waals surface area contributed by atoms with Crippen LogP contribution in [-0.4, -0.2) is 0 Å². The van der Waals surface area contributed by atoms with Crippen molar-refractivity contribution in [2.24, 2.45) is 11.3 Å². The van der Waals surface area contributed by atoms with Gasteiger partial charge in [0.15, 0.2) is 0 Å². The molecule has 0 aliphatic heterocycles. The fourth-order valence-corrected chi connectivity index (χ4v) is 2.89. The summed E-state index contributed by atoms with van der Waals surface area (Å²) in [6, 6.07) is 10.9. The predicted molar refractivity (Wildman–Crippen MR) is 61.3 cm³/mol. The van der Waals surface area contributed by atoms with Gasteiger partial charge in [-0.15, -0.1) is 0 Å². The zero-order valence-corrected chi connectivity index (χ0v) is 9.29. The van der Waals surface area contributed by atoms with Gasteiger partial charge in [-0.25, -0.2) is 0 Å². The lowest BCUT2D eigenvalue weighted by Crippen LogP contribution is -2.15. The van der Waals surface area contributed by atoms with E-state index in [1.54, 1.807) is 0 Å². The summed E-state index contributed by atoms with van der Waals surface area (Å²) in [5, 5.41) is 0. The van der Waals surface area contributed by atoms with Gasteiger partial charge in [-0.1, -0.05) is 50.6 Å². The maximum Gasteiger partial charge on any atom is -0.0225 e. The molecule has 1 aromatic rings. The zero-order chi connectivity index (χ0) is 10.0. The van der Waals surface area contributed by atoms with Crippen molar-refractivity contribution in [1.82, 2.24) is 0 Å². The molecule has 1 aliphatic rings. The number of benzene rings is 1. The van der Waals surface area contributed by atoms with Crippen LogP contribution in [0.5, 0.6) is 0 Å². The molecular weight excluding hydrogens is 168 g/mol. The summed E-state index contributed by atoms with van der Waals surface area (Å²) in [6.45, 7) is 4.83. The summed E-state index contributed by atoms with van der Waals surface area (Å²) >= 11 is 0. The van der Waals surface area contributed by atoms with Crippen molar-refractivity contribution in [1.29, 1.82) is 0 Å². The molecule has 2 unspecified atom stereocenters. The second-order valence-corrected chi connectivity index (χ2v) is 5.32. The first-order valence-electron chi connectivity index (χ1n) is 5.72. The minimum Gasteiger partial charge on any atom is -0.0625 e. The Balaban J connectivity index is 2.04. The molecule has 0 amide bonds. The van der Waals surface area contributed by atoms with Crippen molar-refractivity contribution < 1.29 is 0 Å². The normalized spacial score (nSPS) is 32.0. The molecule has 2 atom stereocenters. The predicted octanol–water partition coefficient (Wildman–Crippen LogP) is 4.06. The summed E-state index contributed by atoms with van der Waals surface area (Å²) < 4.78 is 0. The molecule has 76 valence electrons. The Morgan fingerprint density at radius 2 is 2.00 bits per heavy atom. The Hall–Kier alpha value is -0.780. The Bertz CT molecular complexity index is 288. The van der Waals surface area contributed by atoms with E-state index in [1.165, 1.54) is 31.2 Å². The Morgan fingerprint density at radius 3 is 2.57 bits per heavy atom. The topological polar surface area (TPSA) is 0 Å². The van der Waals surface area contributed by atoms with Gasteiger partial charge in [0.2, 0.25) is 0 Å². The first-order chi connectivity index (χ1) is 6.68. The second-order valence-electron chi connectivity index (χ2n) is 5.32. The van der Waals surface area contributed by atoms with Gasteiger partial charge < -0.3 is 0 Å². The molecule has 0 aromatic heterocycles. The zero-order valence-electron chi connectivity index (χ0n) is 9.29. The number of hydrogen-bond donors (Lipinski definition) is 0. The van der Waals surface area contributed by atoms with Crippen LogP contribution in [0.25, 0.3) is 0 Å². The van der Waals surface area contributed by atoms with E-state index in [4.69, 9.17) is 0 Å². The molecule has 0 radical (unpaired) electrons. The standard InChI is InChI=1S/C14H20/c1-12-8-9-14(2,10-12)11-13-6-4-3-5-7-13/h3-7,12H,8-11H2,1-2H3. The van der Waals surface area contributed by atoms with E-state index >= 15 is 0 Å². The van der Waals surface area contributed by atoms with E-state index in [2.05, 4.69) is 44.2 Å². The van der Waals surface area contributed by atoms with Gasteiger partial charge in [-0.2, -0.15) is 0 Å². The Morgan fingerprint density at radius 1 is 1.29 bits per heavy atom. The first-order valence-corrected chi connectivity index (χ1v) is 5.72. The van der Waals surface area contributed by atoms with Crippen molar-refractivity contribution in [3.05, 3.63) is 35.9 Å². The van der Waals surface area contributed by atoms with E-state index in [9.17, 15) is 0 Å². The highest BCUT2D eigenvalue weighted by Crippen LogP contribution is 2.43. The van der Waals surface area contributed by atoms with Crippen LogP contribution >= 0.6 is 0 Å². The third kappa shape index (κ3) is 2.17. The summed E-state index contributed by atoms with van der Waals surface area (Å²) in [4.78, 5) is 0. The molecular formula is C14H20. The van der Waals surface area contributed by atoms with Crippen LogP contribution < -0.4 is 0 Å². The van der Waals surface area contributed by atoms with Gasteiger partial charge in [0.05, 0.1) is 0 Å². The maximum atomic E-state index is 2.45. The van der Waals surface area contributed by atoms with Crippen molar-refractivity contribution in [2.75, 3.05) is 0 Å². The van der Waals surface area contributed by atoms with E-state index in [0.29, 0.717) is 5.41 Å². The molecule has 1 aliphatic carbocycles. The fraction of sp³-hybridized carbons (Fsp3) is 0.571. The maximum absolute atomic E-state index is 2.45. The summed E-state index contributed by atoms with van der Waals surface area (Å²) in [5.74, 6) is 0.934. The lowest BCUT2D eigenvalue weighted by atomic mass is 9.81. The van der Waals surface area contributed by atoms with Gasteiger partial charge in [-0.3, -0.25) is 0 Å². The number of rotatable bonds is 2. The largest absolute Gasteiger partial charge is 0.0625 e. The third-order valence-corrected chi connectivity index (χ3v) is 3.56. The monoisotopic (exact) mass is 188 g/mol. The van der Waals surface area contributed by atoms with E-state index < -0.39 is 0 Å². The molecule has 14 heavy (non-hydrogen) atoms. The van der Waals surface area contributed by atoms with Gasteiger partial charge in [0, 0.05) is 0 Å². The van der Waals surface area contributed by atoms with E-state index in [0.717, 1.165) is 5.92 Å². The smallest absolute Gasteiger partial charge is 0.0225 e. The quantitative estimate of drug-likeness (QED) is 0.656. The third-order valence-electron chi connectivity index (χ3n) is 3.56. The van der Waals surface area contributed by atoms with E-state index in [-0.39, 0.29) is 0 Å². The van der Waals surface area contributed by atoms with Crippen LogP contribution in [0.15, 0.2) is 30.3 Å². The molecule has 1 saturated carbocycles. The van der Waals surface area contributed by atoms with Crippen LogP contribution in [0.4, 0.5) is 0 Å².